The van der Waals surface area contributed by atoms with E-state index in [1.165, 1.54) is 37.7 Å². The van der Waals surface area contributed by atoms with Crippen LogP contribution >= 0.6 is 0 Å². The summed E-state index contributed by atoms with van der Waals surface area (Å²) in [5.41, 5.74) is 6.38. The van der Waals surface area contributed by atoms with Gasteiger partial charge in [-0.2, -0.15) is 0 Å². The lowest BCUT2D eigenvalue weighted by Gasteiger charge is -2.55. The topological polar surface area (TPSA) is 39.7 Å². The summed E-state index contributed by atoms with van der Waals surface area (Å²) >= 11 is 0. The van der Waals surface area contributed by atoms with Crippen LogP contribution in [0.3, 0.4) is 0 Å². The van der Waals surface area contributed by atoms with Crippen molar-refractivity contribution in [1.29, 1.82) is 0 Å². The predicted molar refractivity (Wildman–Crippen MR) is 139 cm³/mol. The first-order valence-corrected chi connectivity index (χ1v) is 12.9. The molecule has 0 aliphatic heterocycles. The summed E-state index contributed by atoms with van der Waals surface area (Å²) in [6, 6.07) is 11.4. The number of nitrogens with one attached hydrogen (secondary N) is 1. The fourth-order valence-corrected chi connectivity index (χ4v) is 6.94. The first-order valence-electron chi connectivity index (χ1n) is 12.9. The normalized spacial score (nSPS) is 26.1. The number of ether oxygens (including phenoxy) is 3. The van der Waals surface area contributed by atoms with Crippen LogP contribution in [0.1, 0.15) is 81.5 Å². The van der Waals surface area contributed by atoms with Gasteiger partial charge in [0.2, 0.25) is 5.75 Å². The van der Waals surface area contributed by atoms with E-state index in [2.05, 4.69) is 51.2 Å². The zero-order valence-electron chi connectivity index (χ0n) is 22.2. The summed E-state index contributed by atoms with van der Waals surface area (Å²) in [6.07, 6.45) is 6.37. The van der Waals surface area contributed by atoms with Gasteiger partial charge in [-0.1, -0.05) is 52.3 Å². The van der Waals surface area contributed by atoms with Gasteiger partial charge in [-0.25, -0.2) is 0 Å². The van der Waals surface area contributed by atoms with Crippen molar-refractivity contribution in [2.75, 3.05) is 27.9 Å². The quantitative estimate of drug-likeness (QED) is 0.475. The average Bonchev–Trinajstić information content (AvgIpc) is 2.82. The minimum atomic E-state index is 0.268. The number of benzene rings is 2. The molecule has 3 atom stereocenters. The number of aryl methyl sites for hydroxylation is 1. The molecule has 0 unspecified atom stereocenters. The molecule has 0 bridgehead atoms. The van der Waals surface area contributed by atoms with Crippen LogP contribution in [-0.2, 0) is 18.4 Å². The Morgan fingerprint density at radius 3 is 2.29 bits per heavy atom. The highest BCUT2D eigenvalue weighted by molar-refractivity contribution is 5.53. The highest BCUT2D eigenvalue weighted by Crippen LogP contribution is 2.57. The van der Waals surface area contributed by atoms with E-state index in [0.29, 0.717) is 29.1 Å². The van der Waals surface area contributed by atoms with Crippen molar-refractivity contribution in [3.05, 3.63) is 52.6 Å². The monoisotopic (exact) mass is 465 g/mol. The van der Waals surface area contributed by atoms with E-state index in [4.69, 9.17) is 14.2 Å². The van der Waals surface area contributed by atoms with Crippen molar-refractivity contribution in [3.63, 3.8) is 0 Å². The van der Waals surface area contributed by atoms with Gasteiger partial charge in [-0.05, 0) is 82.7 Å². The molecule has 0 saturated heterocycles. The van der Waals surface area contributed by atoms with Gasteiger partial charge in [0, 0.05) is 13.1 Å². The van der Waals surface area contributed by atoms with Crippen molar-refractivity contribution in [2.24, 2.45) is 11.3 Å². The molecule has 34 heavy (non-hydrogen) atoms. The van der Waals surface area contributed by atoms with Crippen LogP contribution in [0.5, 0.6) is 17.2 Å². The van der Waals surface area contributed by atoms with Gasteiger partial charge < -0.3 is 19.5 Å². The zero-order valence-corrected chi connectivity index (χ0v) is 22.2. The van der Waals surface area contributed by atoms with Crippen molar-refractivity contribution in [2.45, 2.75) is 77.7 Å². The lowest BCUT2D eigenvalue weighted by molar-refractivity contribution is 0.0257. The van der Waals surface area contributed by atoms with E-state index in [9.17, 15) is 0 Å². The van der Waals surface area contributed by atoms with Gasteiger partial charge >= 0.3 is 0 Å². The van der Waals surface area contributed by atoms with Gasteiger partial charge in [0.25, 0.3) is 0 Å². The molecule has 0 spiro atoms. The molecule has 0 amide bonds. The van der Waals surface area contributed by atoms with E-state index in [1.54, 1.807) is 32.5 Å². The van der Waals surface area contributed by atoms with E-state index in [1.807, 2.05) is 12.1 Å². The highest BCUT2D eigenvalue weighted by atomic mass is 16.5. The number of rotatable bonds is 8. The van der Waals surface area contributed by atoms with Crippen molar-refractivity contribution in [3.8, 4) is 17.2 Å². The molecule has 1 fully saturated rings. The van der Waals surface area contributed by atoms with Gasteiger partial charge in [0.15, 0.2) is 11.5 Å². The molecule has 1 saturated carbocycles. The molecule has 2 aromatic carbocycles. The van der Waals surface area contributed by atoms with E-state index >= 15 is 0 Å². The van der Waals surface area contributed by atoms with Crippen molar-refractivity contribution in [1.82, 2.24) is 5.32 Å². The second-order valence-corrected chi connectivity index (χ2v) is 11.2. The van der Waals surface area contributed by atoms with Gasteiger partial charge in [0.05, 0.1) is 21.3 Å². The molecule has 2 aliphatic carbocycles. The number of hydrogen-bond donors (Lipinski definition) is 1. The number of fused-ring (bicyclic) bond motifs is 3. The molecular weight excluding hydrogens is 422 g/mol. The molecular formula is C30H43NO3. The third-order valence-electron chi connectivity index (χ3n) is 8.75. The van der Waals surface area contributed by atoms with Crippen LogP contribution in [0, 0.1) is 11.3 Å². The van der Waals surface area contributed by atoms with Crippen LogP contribution in [0.4, 0.5) is 0 Å². The fraction of sp³-hybridized carbons (Fsp3) is 0.600. The Labute approximate surface area is 206 Å². The first kappa shape index (κ1) is 24.9. The minimum absolute atomic E-state index is 0.268. The van der Waals surface area contributed by atoms with Crippen LogP contribution < -0.4 is 19.5 Å². The molecule has 4 nitrogen and oxygen atoms in total. The largest absolute Gasteiger partial charge is 0.493 e. The van der Waals surface area contributed by atoms with E-state index in [0.717, 1.165) is 18.7 Å². The summed E-state index contributed by atoms with van der Waals surface area (Å²) in [7, 11) is 4.98. The Bertz CT molecular complexity index is 991. The standard InChI is InChI=1S/C30H43NO3/c1-20(2)22-9-11-24-23(17-22)10-12-27-29(3,13-8-14-30(24,27)4)19-31-18-21-15-25(32-5)28(34-7)26(16-21)33-6/h9,11,15-17,20,27,31H,8,10,12-14,18-19H2,1-7H3/t27-,29-,30+/m1/s1. The molecule has 4 rings (SSSR count). The molecule has 2 aliphatic rings. The molecule has 1 N–H and O–H groups in total. The minimum Gasteiger partial charge on any atom is -0.493 e. The number of hydrogen-bond acceptors (Lipinski definition) is 4. The Morgan fingerprint density at radius 1 is 0.971 bits per heavy atom. The van der Waals surface area contributed by atoms with Crippen LogP contribution in [0.15, 0.2) is 30.3 Å². The average molecular weight is 466 g/mol. The molecule has 0 heterocycles. The Hall–Kier alpha value is -2.20. The first-order chi connectivity index (χ1) is 16.3. The third-order valence-corrected chi connectivity index (χ3v) is 8.75. The maximum absolute atomic E-state index is 5.54. The van der Waals surface area contributed by atoms with Gasteiger partial charge in [-0.3, -0.25) is 0 Å². The lowest BCUT2D eigenvalue weighted by Crippen LogP contribution is -2.52. The Morgan fingerprint density at radius 2 is 1.68 bits per heavy atom. The second kappa shape index (κ2) is 9.81. The molecule has 0 aromatic heterocycles. The van der Waals surface area contributed by atoms with Crippen molar-refractivity contribution >= 4 is 0 Å². The van der Waals surface area contributed by atoms with Crippen molar-refractivity contribution < 1.29 is 14.2 Å². The molecule has 2 aromatic rings. The van der Waals surface area contributed by atoms with E-state index < -0.39 is 0 Å². The third kappa shape index (κ3) is 4.42. The summed E-state index contributed by atoms with van der Waals surface area (Å²) in [6.45, 7) is 11.5. The maximum Gasteiger partial charge on any atom is 0.203 e. The summed E-state index contributed by atoms with van der Waals surface area (Å²) < 4.78 is 16.6. The summed E-state index contributed by atoms with van der Waals surface area (Å²) in [5, 5.41) is 3.80. The van der Waals surface area contributed by atoms with Crippen LogP contribution in [0.25, 0.3) is 0 Å². The van der Waals surface area contributed by atoms with Gasteiger partial charge in [0.1, 0.15) is 0 Å². The summed E-state index contributed by atoms with van der Waals surface area (Å²) in [4.78, 5) is 0. The number of methoxy groups -OCH3 is 3. The Balaban J connectivity index is 1.51. The molecule has 4 heteroatoms. The van der Waals surface area contributed by atoms with Gasteiger partial charge in [-0.15, -0.1) is 0 Å². The zero-order chi connectivity index (χ0) is 24.5. The van der Waals surface area contributed by atoms with E-state index in [-0.39, 0.29) is 10.8 Å². The van der Waals surface area contributed by atoms with Crippen LogP contribution in [0.2, 0.25) is 0 Å². The Kier molecular flexibility index (Phi) is 7.19. The SMILES string of the molecule is COc1cc(CNC[C@@]2(C)CCC[C@@]3(C)c4ccc(C(C)C)cc4CC[C@H]23)cc(OC)c1OC. The molecule has 186 valence electrons. The predicted octanol–water partition coefficient (Wildman–Crippen LogP) is 6.64. The highest BCUT2D eigenvalue weighted by Gasteiger charge is 2.51. The fourth-order valence-electron chi connectivity index (χ4n) is 6.94. The summed E-state index contributed by atoms with van der Waals surface area (Å²) in [5.74, 6) is 3.34. The molecule has 0 radical (unpaired) electrons. The maximum atomic E-state index is 5.54. The second-order valence-electron chi connectivity index (χ2n) is 11.2. The lowest BCUT2D eigenvalue weighted by atomic mass is 9.49. The smallest absolute Gasteiger partial charge is 0.203 e. The van der Waals surface area contributed by atoms with Crippen LogP contribution in [-0.4, -0.2) is 27.9 Å².